The quantitative estimate of drug-likeness (QED) is 0.180. The molecule has 36 heavy (non-hydrogen) atoms. The Morgan fingerprint density at radius 2 is 1.50 bits per heavy atom. The van der Waals surface area contributed by atoms with Gasteiger partial charge in [0.2, 0.25) is 0 Å². The predicted octanol–water partition coefficient (Wildman–Crippen LogP) is 9.58. The van der Waals surface area contributed by atoms with Crippen LogP contribution in [0.3, 0.4) is 0 Å². The minimum Gasteiger partial charge on any atom is -0.453 e. The molecule has 3 heteroatoms. The fourth-order valence-electron chi connectivity index (χ4n) is 5.32. The van der Waals surface area contributed by atoms with E-state index in [9.17, 15) is 9.59 Å². The zero-order chi connectivity index (χ0) is 26.7. The molecule has 0 N–H and O–H groups in total. The normalized spacial score (nSPS) is 17.8. The molecule has 0 heterocycles. The molecule has 0 saturated carbocycles. The molecule has 1 aromatic rings. The summed E-state index contributed by atoms with van der Waals surface area (Å²) in [5.74, 6) is 2.18. The van der Waals surface area contributed by atoms with E-state index in [1.807, 2.05) is 31.2 Å². The van der Waals surface area contributed by atoms with E-state index in [0.717, 1.165) is 40.9 Å². The highest BCUT2D eigenvalue weighted by Gasteiger charge is 2.32. The predicted molar refractivity (Wildman–Crippen MR) is 151 cm³/mol. The number of esters is 1. The lowest BCUT2D eigenvalue weighted by molar-refractivity contribution is -0.145. The van der Waals surface area contributed by atoms with E-state index in [0.29, 0.717) is 12.0 Å². The van der Waals surface area contributed by atoms with Crippen molar-refractivity contribution < 1.29 is 14.3 Å². The second-order valence-electron chi connectivity index (χ2n) is 11.7. The second-order valence-corrected chi connectivity index (χ2v) is 11.7. The van der Waals surface area contributed by atoms with Gasteiger partial charge in [-0.3, -0.25) is 9.59 Å². The van der Waals surface area contributed by atoms with Crippen LogP contribution in [0, 0.1) is 17.8 Å². The fourth-order valence-corrected chi connectivity index (χ4v) is 5.32. The Bertz CT molecular complexity index is 921. The Kier molecular flexibility index (Phi) is 12.7. The molecule has 2 rings (SSSR count). The van der Waals surface area contributed by atoms with E-state index in [4.69, 9.17) is 4.74 Å². The second kappa shape index (κ2) is 15.2. The number of benzene rings is 1. The third-order valence-corrected chi connectivity index (χ3v) is 7.71. The van der Waals surface area contributed by atoms with Crippen LogP contribution in [-0.2, 0) is 9.53 Å². The van der Waals surface area contributed by atoms with E-state index in [-0.39, 0.29) is 11.8 Å². The first-order chi connectivity index (χ1) is 17.1. The maximum absolute atomic E-state index is 13.2. The molecule has 0 saturated heterocycles. The molecule has 0 unspecified atom stereocenters. The van der Waals surface area contributed by atoms with Crippen LogP contribution in [0.5, 0.6) is 0 Å². The smallest absolute Gasteiger partial charge is 0.303 e. The summed E-state index contributed by atoms with van der Waals surface area (Å²) in [6.07, 6.45) is 14.0. The maximum atomic E-state index is 13.2. The number of carbonyl (C=O) groups is 2. The number of Topliss-reactive ketones (excluding diaryl/α,β-unsaturated/α-hetero) is 1. The number of ketones is 1. The van der Waals surface area contributed by atoms with Gasteiger partial charge in [-0.05, 0) is 56.4 Å². The highest BCUT2D eigenvalue weighted by Crippen LogP contribution is 2.38. The van der Waals surface area contributed by atoms with Crippen LogP contribution in [0.4, 0.5) is 0 Å². The largest absolute Gasteiger partial charge is 0.453 e. The average molecular weight is 495 g/mol. The molecular formula is C33H50O3. The molecule has 0 fully saturated rings. The van der Waals surface area contributed by atoms with E-state index in [1.165, 1.54) is 63.9 Å². The van der Waals surface area contributed by atoms with Gasteiger partial charge in [0.15, 0.2) is 5.78 Å². The van der Waals surface area contributed by atoms with Crippen LogP contribution in [0.15, 0.2) is 47.1 Å². The summed E-state index contributed by atoms with van der Waals surface area (Å²) in [6.45, 7) is 15.0. The first kappa shape index (κ1) is 30.1. The van der Waals surface area contributed by atoms with Gasteiger partial charge in [0, 0.05) is 23.6 Å². The van der Waals surface area contributed by atoms with Crippen LogP contribution in [0.25, 0.3) is 0 Å². The van der Waals surface area contributed by atoms with Crippen molar-refractivity contribution >= 4 is 11.8 Å². The summed E-state index contributed by atoms with van der Waals surface area (Å²) in [6, 6.07) is 7.48. The monoisotopic (exact) mass is 494 g/mol. The van der Waals surface area contributed by atoms with Crippen LogP contribution in [0.1, 0.15) is 135 Å². The fraction of sp³-hybridized carbons (Fsp3) is 0.636. The van der Waals surface area contributed by atoms with Crippen molar-refractivity contribution in [1.82, 2.24) is 0 Å². The third kappa shape index (κ3) is 9.71. The standard InChI is InChI=1S/C33H50O3/c1-23(2)13-10-14-24(3)15-11-16-25(4)17-12-18-26(5)21-22-29-27(6)33(36-28(7)34)31-20-9-8-19-30(31)32(29)35/h8-9,19-21,23-25,33H,10-18,22H2,1-7H3/t24-,25-,33+/m0/s1. The van der Waals surface area contributed by atoms with Gasteiger partial charge < -0.3 is 4.74 Å². The number of allylic oxidation sites excluding steroid dienone is 3. The van der Waals surface area contributed by atoms with Gasteiger partial charge in [-0.1, -0.05) is 109 Å². The highest BCUT2D eigenvalue weighted by molar-refractivity contribution is 6.11. The third-order valence-electron chi connectivity index (χ3n) is 7.71. The summed E-state index contributed by atoms with van der Waals surface area (Å²) in [4.78, 5) is 24.9. The molecule has 1 aliphatic carbocycles. The summed E-state index contributed by atoms with van der Waals surface area (Å²) in [5.41, 5.74) is 4.38. The Morgan fingerprint density at radius 3 is 2.11 bits per heavy atom. The molecule has 200 valence electrons. The van der Waals surface area contributed by atoms with Crippen LogP contribution < -0.4 is 0 Å². The number of carbonyl (C=O) groups excluding carboxylic acids is 2. The van der Waals surface area contributed by atoms with Gasteiger partial charge in [-0.15, -0.1) is 0 Å². The molecule has 0 bridgehead atoms. The van der Waals surface area contributed by atoms with Gasteiger partial charge >= 0.3 is 5.97 Å². The SMILES string of the molecule is CC(=O)O[C@@H]1C(C)=C(CC=C(C)CCC[C@@H](C)CCC[C@@H](C)CCCC(C)C)C(=O)c2ccccc21. The average Bonchev–Trinajstić information content (AvgIpc) is 2.81. The first-order valence-corrected chi connectivity index (χ1v) is 14.3. The number of ether oxygens (including phenoxy) is 1. The maximum Gasteiger partial charge on any atom is 0.303 e. The van der Waals surface area contributed by atoms with Gasteiger partial charge in [0.1, 0.15) is 6.10 Å². The Labute approximate surface area is 220 Å². The molecule has 1 aromatic carbocycles. The lowest BCUT2D eigenvalue weighted by Gasteiger charge is -2.27. The molecule has 0 spiro atoms. The highest BCUT2D eigenvalue weighted by atomic mass is 16.5. The van der Waals surface area contributed by atoms with Crippen molar-refractivity contribution in [3.63, 3.8) is 0 Å². The minimum absolute atomic E-state index is 0.0580. The summed E-state index contributed by atoms with van der Waals surface area (Å²) >= 11 is 0. The van der Waals surface area contributed by atoms with Crippen molar-refractivity contribution in [3.05, 3.63) is 58.2 Å². The van der Waals surface area contributed by atoms with E-state index in [1.54, 1.807) is 0 Å². The molecule has 0 amide bonds. The van der Waals surface area contributed by atoms with Gasteiger partial charge in [0.05, 0.1) is 0 Å². The molecule has 0 radical (unpaired) electrons. The Hall–Kier alpha value is -2.16. The number of hydrogen-bond donors (Lipinski definition) is 0. The molecule has 1 aliphatic rings. The van der Waals surface area contributed by atoms with Gasteiger partial charge in [-0.2, -0.15) is 0 Å². The van der Waals surface area contributed by atoms with Crippen LogP contribution in [-0.4, -0.2) is 11.8 Å². The number of hydrogen-bond acceptors (Lipinski definition) is 3. The topological polar surface area (TPSA) is 43.4 Å². The zero-order valence-corrected chi connectivity index (χ0v) is 24.0. The molecule has 3 atom stereocenters. The van der Waals surface area contributed by atoms with Crippen molar-refractivity contribution in [1.29, 1.82) is 0 Å². The van der Waals surface area contributed by atoms with E-state index in [2.05, 4.69) is 40.7 Å². The Morgan fingerprint density at radius 1 is 0.917 bits per heavy atom. The lowest BCUT2D eigenvalue weighted by Crippen LogP contribution is -2.22. The van der Waals surface area contributed by atoms with Gasteiger partial charge in [-0.25, -0.2) is 0 Å². The van der Waals surface area contributed by atoms with E-state index >= 15 is 0 Å². The molecule has 0 aromatic heterocycles. The van der Waals surface area contributed by atoms with Crippen molar-refractivity contribution in [3.8, 4) is 0 Å². The lowest BCUT2D eigenvalue weighted by atomic mass is 9.82. The number of fused-ring (bicyclic) bond motifs is 1. The van der Waals surface area contributed by atoms with E-state index < -0.39 is 6.10 Å². The zero-order valence-electron chi connectivity index (χ0n) is 24.0. The molecule has 0 aliphatic heterocycles. The van der Waals surface area contributed by atoms with Crippen LogP contribution in [0.2, 0.25) is 0 Å². The Balaban J connectivity index is 1.81. The van der Waals surface area contributed by atoms with Gasteiger partial charge in [0.25, 0.3) is 0 Å². The summed E-state index contributed by atoms with van der Waals surface area (Å²) < 4.78 is 5.61. The first-order valence-electron chi connectivity index (χ1n) is 14.3. The van der Waals surface area contributed by atoms with Crippen molar-refractivity contribution in [2.45, 2.75) is 119 Å². The van der Waals surface area contributed by atoms with Crippen LogP contribution >= 0.6 is 0 Å². The number of rotatable bonds is 15. The van der Waals surface area contributed by atoms with Crippen molar-refractivity contribution in [2.75, 3.05) is 0 Å². The van der Waals surface area contributed by atoms with Crippen molar-refractivity contribution in [2.24, 2.45) is 17.8 Å². The summed E-state index contributed by atoms with van der Waals surface area (Å²) in [5, 5.41) is 0. The minimum atomic E-state index is -0.473. The molecule has 3 nitrogen and oxygen atoms in total. The summed E-state index contributed by atoms with van der Waals surface area (Å²) in [7, 11) is 0. The molecular weight excluding hydrogens is 444 g/mol.